The SMILES string of the molecule is CC(=O)NC[C@H]1CN(c2ccc(N3CCN(c4cc(NC(=O)C(C)C)sc4[N+](=O)[O-])CC3)c(F)c2)C(=O)O1. The Morgan fingerprint density at radius 1 is 1.18 bits per heavy atom. The van der Waals surface area contributed by atoms with E-state index >= 15 is 4.39 Å². The van der Waals surface area contributed by atoms with Crippen molar-refractivity contribution < 1.29 is 28.4 Å². The van der Waals surface area contributed by atoms with Crippen LogP contribution in [0.5, 0.6) is 0 Å². The summed E-state index contributed by atoms with van der Waals surface area (Å²) in [7, 11) is 0. The van der Waals surface area contributed by atoms with E-state index in [0.717, 1.165) is 11.3 Å². The van der Waals surface area contributed by atoms with Crippen LogP contribution in [-0.4, -0.2) is 68.2 Å². The fourth-order valence-electron chi connectivity index (χ4n) is 4.26. The van der Waals surface area contributed by atoms with Gasteiger partial charge in [0.15, 0.2) is 0 Å². The molecule has 3 heterocycles. The van der Waals surface area contributed by atoms with Gasteiger partial charge in [-0.3, -0.25) is 24.6 Å². The number of cyclic esters (lactones) is 1. The smallest absolute Gasteiger partial charge is 0.414 e. The molecule has 1 aromatic carbocycles. The average molecular weight is 549 g/mol. The Bertz CT molecular complexity index is 1240. The van der Waals surface area contributed by atoms with Crippen molar-refractivity contribution >= 4 is 56.3 Å². The van der Waals surface area contributed by atoms with Crippen molar-refractivity contribution in [3.05, 3.63) is 40.2 Å². The number of nitrogens with one attached hydrogen (secondary N) is 2. The number of carbonyl (C=O) groups is 3. The van der Waals surface area contributed by atoms with Gasteiger partial charge in [0.05, 0.1) is 29.4 Å². The molecule has 1 atom stereocenters. The molecule has 0 spiro atoms. The third-order valence-corrected chi connectivity index (χ3v) is 7.28. The first-order valence-corrected chi connectivity index (χ1v) is 13.0. The van der Waals surface area contributed by atoms with E-state index in [0.29, 0.717) is 48.2 Å². The standard InChI is InChI=1S/C24H29FN6O6S/c1-14(2)22(33)27-21-11-20(23(38-21)31(35)36)29-8-6-28(7-9-29)19-5-4-16(10-18(19)25)30-13-17(37-24(30)34)12-26-15(3)32/h4-5,10-11,14,17H,6-9,12-13H2,1-3H3,(H,26,32)(H,27,33)/t17-/m0/s1. The molecule has 38 heavy (non-hydrogen) atoms. The van der Waals surface area contributed by atoms with Gasteiger partial charge < -0.3 is 25.2 Å². The van der Waals surface area contributed by atoms with Crippen molar-refractivity contribution in [3.8, 4) is 0 Å². The second-order valence-electron chi connectivity index (χ2n) is 9.37. The number of rotatable bonds is 8. The molecule has 0 aliphatic carbocycles. The summed E-state index contributed by atoms with van der Waals surface area (Å²) in [6.45, 7) is 6.89. The summed E-state index contributed by atoms with van der Waals surface area (Å²) in [5.41, 5.74) is 1.14. The zero-order valence-corrected chi connectivity index (χ0v) is 22.0. The molecule has 0 unspecified atom stereocenters. The second kappa shape index (κ2) is 11.2. The molecule has 0 bridgehead atoms. The third kappa shape index (κ3) is 5.96. The van der Waals surface area contributed by atoms with Gasteiger partial charge in [-0.1, -0.05) is 13.8 Å². The fourth-order valence-corrected chi connectivity index (χ4v) is 5.16. The van der Waals surface area contributed by atoms with Crippen LogP contribution in [0.25, 0.3) is 0 Å². The molecule has 2 aliphatic rings. The lowest BCUT2D eigenvalue weighted by molar-refractivity contribution is -0.379. The lowest BCUT2D eigenvalue weighted by Crippen LogP contribution is -2.46. The van der Waals surface area contributed by atoms with Crippen molar-refractivity contribution in [1.29, 1.82) is 0 Å². The Labute approximate surface area is 222 Å². The van der Waals surface area contributed by atoms with Crippen molar-refractivity contribution in [2.24, 2.45) is 5.92 Å². The van der Waals surface area contributed by atoms with Gasteiger partial charge in [-0.15, -0.1) is 0 Å². The number of anilines is 4. The highest BCUT2D eigenvalue weighted by Crippen LogP contribution is 2.41. The molecule has 0 radical (unpaired) electrons. The molecule has 204 valence electrons. The molecule has 2 aliphatic heterocycles. The van der Waals surface area contributed by atoms with Crippen LogP contribution in [-0.2, 0) is 14.3 Å². The minimum absolute atomic E-state index is 0.0534. The molecule has 3 amide bonds. The number of hydrogen-bond donors (Lipinski definition) is 2. The van der Waals surface area contributed by atoms with Gasteiger partial charge in [-0.25, -0.2) is 9.18 Å². The second-order valence-corrected chi connectivity index (χ2v) is 10.4. The fraction of sp³-hybridized carbons (Fsp3) is 0.458. The first-order chi connectivity index (χ1) is 18.0. The van der Waals surface area contributed by atoms with Crippen LogP contribution in [0.3, 0.4) is 0 Å². The average Bonchev–Trinajstić information content (AvgIpc) is 3.46. The van der Waals surface area contributed by atoms with Crippen molar-refractivity contribution in [2.45, 2.75) is 26.9 Å². The van der Waals surface area contributed by atoms with E-state index in [9.17, 15) is 24.5 Å². The van der Waals surface area contributed by atoms with Crippen LogP contribution in [0.4, 0.5) is 36.2 Å². The van der Waals surface area contributed by atoms with Gasteiger partial charge in [0.2, 0.25) is 11.8 Å². The van der Waals surface area contributed by atoms with E-state index < -0.39 is 22.9 Å². The first-order valence-electron chi connectivity index (χ1n) is 12.1. The normalized spacial score (nSPS) is 17.6. The van der Waals surface area contributed by atoms with Crippen LogP contribution >= 0.6 is 11.3 Å². The quantitative estimate of drug-likeness (QED) is 0.379. The molecule has 2 aromatic rings. The van der Waals surface area contributed by atoms with Crippen LogP contribution in [0, 0.1) is 21.8 Å². The summed E-state index contributed by atoms with van der Waals surface area (Å²) in [6.07, 6.45) is -1.13. The molecule has 1 aromatic heterocycles. The van der Waals surface area contributed by atoms with E-state index in [2.05, 4.69) is 10.6 Å². The lowest BCUT2D eigenvalue weighted by Gasteiger charge is -2.36. The highest BCUT2D eigenvalue weighted by Gasteiger charge is 2.33. The third-order valence-electron chi connectivity index (χ3n) is 6.29. The van der Waals surface area contributed by atoms with E-state index in [1.54, 1.807) is 32.0 Å². The zero-order chi connectivity index (χ0) is 27.6. The lowest BCUT2D eigenvalue weighted by atomic mass is 10.2. The monoisotopic (exact) mass is 548 g/mol. The van der Waals surface area contributed by atoms with E-state index in [1.807, 2.05) is 9.80 Å². The number of nitro groups is 1. The predicted octanol–water partition coefficient (Wildman–Crippen LogP) is 3.18. The zero-order valence-electron chi connectivity index (χ0n) is 21.2. The van der Waals surface area contributed by atoms with Gasteiger partial charge in [0, 0.05) is 45.1 Å². The molecule has 2 N–H and O–H groups in total. The van der Waals surface area contributed by atoms with Gasteiger partial charge in [-0.05, 0) is 29.5 Å². The summed E-state index contributed by atoms with van der Waals surface area (Å²) in [5.74, 6) is -1.22. The molecular weight excluding hydrogens is 519 g/mol. The van der Waals surface area contributed by atoms with Crippen LogP contribution in [0.2, 0.25) is 0 Å². The molecule has 0 saturated carbocycles. The Hall–Kier alpha value is -3.94. The van der Waals surface area contributed by atoms with Gasteiger partial charge in [0.25, 0.3) is 0 Å². The molecule has 4 rings (SSSR count). The summed E-state index contributed by atoms with van der Waals surface area (Å²) in [6, 6.07) is 6.13. The maximum atomic E-state index is 15.1. The maximum absolute atomic E-state index is 15.1. The molecule has 2 fully saturated rings. The number of amides is 3. The van der Waals surface area contributed by atoms with Crippen molar-refractivity contribution in [3.63, 3.8) is 0 Å². The predicted molar refractivity (Wildman–Crippen MR) is 142 cm³/mol. The van der Waals surface area contributed by atoms with Crippen molar-refractivity contribution in [1.82, 2.24) is 5.32 Å². The number of benzene rings is 1. The Balaban J connectivity index is 1.41. The Morgan fingerprint density at radius 3 is 2.42 bits per heavy atom. The van der Waals surface area contributed by atoms with Gasteiger partial charge >= 0.3 is 11.1 Å². The van der Waals surface area contributed by atoms with Gasteiger partial charge in [0.1, 0.15) is 22.6 Å². The minimum atomic E-state index is -0.609. The number of piperazine rings is 1. The summed E-state index contributed by atoms with van der Waals surface area (Å²) >= 11 is 0.916. The van der Waals surface area contributed by atoms with Crippen LogP contribution in [0.15, 0.2) is 24.3 Å². The van der Waals surface area contributed by atoms with Crippen LogP contribution in [0.1, 0.15) is 20.8 Å². The number of ether oxygens (including phenoxy) is 1. The number of hydrogen-bond acceptors (Lipinski definition) is 9. The topological polar surface area (TPSA) is 137 Å². The van der Waals surface area contributed by atoms with Crippen LogP contribution < -0.4 is 25.3 Å². The first kappa shape index (κ1) is 27.1. The number of thiophene rings is 1. The Morgan fingerprint density at radius 2 is 1.84 bits per heavy atom. The summed E-state index contributed by atoms with van der Waals surface area (Å²) in [5, 5.41) is 17.3. The Kier molecular flexibility index (Phi) is 7.99. The van der Waals surface area contributed by atoms with E-state index in [-0.39, 0.29) is 35.8 Å². The largest absolute Gasteiger partial charge is 0.442 e. The number of carbonyl (C=O) groups excluding carboxylic acids is 3. The van der Waals surface area contributed by atoms with Gasteiger partial charge in [-0.2, -0.15) is 0 Å². The molecular formula is C24H29FN6O6S. The highest BCUT2D eigenvalue weighted by molar-refractivity contribution is 7.20. The van der Waals surface area contributed by atoms with E-state index in [1.165, 1.54) is 17.9 Å². The number of nitrogens with zero attached hydrogens (tertiary/aromatic N) is 4. The molecule has 2 saturated heterocycles. The van der Waals surface area contributed by atoms with Crippen molar-refractivity contribution in [2.75, 3.05) is 59.3 Å². The summed E-state index contributed by atoms with van der Waals surface area (Å²) < 4.78 is 20.4. The minimum Gasteiger partial charge on any atom is -0.442 e. The van der Waals surface area contributed by atoms with E-state index in [4.69, 9.17) is 4.74 Å². The summed E-state index contributed by atoms with van der Waals surface area (Å²) in [4.78, 5) is 51.6. The number of halogens is 1. The highest BCUT2D eigenvalue weighted by atomic mass is 32.1. The maximum Gasteiger partial charge on any atom is 0.414 e. The molecule has 14 heteroatoms. The molecule has 12 nitrogen and oxygen atoms in total.